The molecule has 0 aliphatic carbocycles. The molecule has 0 spiro atoms. The van der Waals surface area contributed by atoms with E-state index in [2.05, 4.69) is 36.6 Å². The summed E-state index contributed by atoms with van der Waals surface area (Å²) in [5, 5.41) is 9.70. The van der Waals surface area contributed by atoms with E-state index in [1.807, 2.05) is 11.9 Å². The predicted octanol–water partition coefficient (Wildman–Crippen LogP) is 1.57. The third kappa shape index (κ3) is 2.46. The molecule has 1 N–H and O–H groups in total. The molecule has 4 heteroatoms. The normalized spacial score (nSPS) is 25.6. The zero-order valence-electron chi connectivity index (χ0n) is 7.63. The van der Waals surface area contributed by atoms with Crippen molar-refractivity contribution >= 4 is 0 Å². The lowest BCUT2D eigenvalue weighted by molar-refractivity contribution is 0.124. The van der Waals surface area contributed by atoms with Crippen molar-refractivity contribution < 1.29 is 0 Å². The summed E-state index contributed by atoms with van der Waals surface area (Å²) in [7, 11) is 0. The highest BCUT2D eigenvalue weighted by atomic mass is 15.8. The average molecular weight is 156 g/mol. The number of hydrazine groups is 1. The topological polar surface area (TPSA) is 40.0 Å². The number of nitrogens with one attached hydrogen (secondary N) is 1. The van der Waals surface area contributed by atoms with Crippen LogP contribution in [0.5, 0.6) is 0 Å². The van der Waals surface area contributed by atoms with Crippen molar-refractivity contribution in [3.8, 4) is 0 Å². The minimum absolute atomic E-state index is 0.175. The van der Waals surface area contributed by atoms with E-state index in [9.17, 15) is 0 Å². The SMILES string of the molecule is CC1N=NNN1CC(C)(C)C. The van der Waals surface area contributed by atoms with Crippen LogP contribution in [0.3, 0.4) is 0 Å². The molecule has 1 rings (SSSR count). The molecule has 1 unspecified atom stereocenters. The Labute approximate surface area is 67.6 Å². The molecule has 1 atom stereocenters. The molecule has 0 radical (unpaired) electrons. The first-order valence-electron chi connectivity index (χ1n) is 3.91. The van der Waals surface area contributed by atoms with Gasteiger partial charge >= 0.3 is 0 Å². The van der Waals surface area contributed by atoms with Gasteiger partial charge in [-0.25, -0.2) is 5.53 Å². The fraction of sp³-hybridized carbons (Fsp3) is 1.00. The number of hydrogen-bond donors (Lipinski definition) is 1. The largest absolute Gasteiger partial charge is 0.220 e. The van der Waals surface area contributed by atoms with E-state index >= 15 is 0 Å². The molecule has 0 aromatic rings. The second-order valence-electron chi connectivity index (χ2n) is 4.14. The van der Waals surface area contributed by atoms with E-state index < -0.39 is 0 Å². The molecule has 0 saturated carbocycles. The number of hydrogen-bond acceptors (Lipinski definition) is 4. The lowest BCUT2D eigenvalue weighted by Crippen LogP contribution is -2.41. The summed E-state index contributed by atoms with van der Waals surface area (Å²) in [4.78, 5) is 0. The smallest absolute Gasteiger partial charge is 0.141 e. The van der Waals surface area contributed by atoms with Crippen LogP contribution in [0.15, 0.2) is 10.3 Å². The molecule has 4 nitrogen and oxygen atoms in total. The predicted molar refractivity (Wildman–Crippen MR) is 43.6 cm³/mol. The second-order valence-corrected chi connectivity index (χ2v) is 4.14. The fourth-order valence-corrected chi connectivity index (χ4v) is 0.991. The van der Waals surface area contributed by atoms with Gasteiger partial charge in [-0.2, -0.15) is 5.01 Å². The minimum atomic E-state index is 0.175. The van der Waals surface area contributed by atoms with Crippen LogP contribution in [0.4, 0.5) is 0 Å². The number of rotatable bonds is 1. The maximum Gasteiger partial charge on any atom is 0.141 e. The second kappa shape index (κ2) is 2.77. The van der Waals surface area contributed by atoms with Crippen LogP contribution in [0.2, 0.25) is 0 Å². The quantitative estimate of drug-likeness (QED) is 0.626. The Balaban J connectivity index is 2.40. The first kappa shape index (κ1) is 8.46. The Kier molecular flexibility index (Phi) is 2.13. The van der Waals surface area contributed by atoms with Gasteiger partial charge in [0.15, 0.2) is 0 Å². The van der Waals surface area contributed by atoms with Crippen LogP contribution < -0.4 is 5.53 Å². The van der Waals surface area contributed by atoms with Crippen LogP contribution in [-0.4, -0.2) is 17.7 Å². The summed E-state index contributed by atoms with van der Waals surface area (Å²) in [6, 6.07) is 0. The van der Waals surface area contributed by atoms with Gasteiger partial charge in [0, 0.05) is 6.54 Å². The van der Waals surface area contributed by atoms with Gasteiger partial charge in [-0.05, 0) is 12.3 Å². The van der Waals surface area contributed by atoms with Gasteiger partial charge in [0.2, 0.25) is 0 Å². The molecule has 0 fully saturated rings. The van der Waals surface area contributed by atoms with Crippen molar-refractivity contribution in [1.82, 2.24) is 10.5 Å². The molecule has 1 aliphatic heterocycles. The summed E-state index contributed by atoms with van der Waals surface area (Å²) in [5.41, 5.74) is 3.14. The molecule has 1 aliphatic rings. The van der Waals surface area contributed by atoms with Gasteiger partial charge < -0.3 is 0 Å². The molecule has 11 heavy (non-hydrogen) atoms. The monoisotopic (exact) mass is 156 g/mol. The first-order chi connectivity index (χ1) is 4.99. The van der Waals surface area contributed by atoms with Gasteiger partial charge in [0.05, 0.1) is 0 Å². The van der Waals surface area contributed by atoms with Gasteiger partial charge in [-0.1, -0.05) is 26.0 Å². The molecular formula is C7H16N4. The van der Waals surface area contributed by atoms with Crippen molar-refractivity contribution in [2.24, 2.45) is 15.8 Å². The Bertz CT molecular complexity index is 158. The molecule has 1 heterocycles. The zero-order valence-corrected chi connectivity index (χ0v) is 7.63. The minimum Gasteiger partial charge on any atom is -0.220 e. The van der Waals surface area contributed by atoms with Gasteiger partial charge in [-0.3, -0.25) is 0 Å². The highest BCUT2D eigenvalue weighted by Crippen LogP contribution is 2.17. The van der Waals surface area contributed by atoms with Gasteiger partial charge in [0.25, 0.3) is 0 Å². The highest BCUT2D eigenvalue weighted by Gasteiger charge is 2.23. The summed E-state index contributed by atoms with van der Waals surface area (Å²) in [6.07, 6.45) is 0.175. The number of nitrogens with zero attached hydrogens (tertiary/aromatic N) is 3. The van der Waals surface area contributed by atoms with Crippen molar-refractivity contribution in [3.63, 3.8) is 0 Å². The van der Waals surface area contributed by atoms with Crippen LogP contribution in [-0.2, 0) is 0 Å². The Morgan fingerprint density at radius 2 is 2.09 bits per heavy atom. The molecule has 0 saturated heterocycles. The summed E-state index contributed by atoms with van der Waals surface area (Å²) in [5.74, 6) is 0. The van der Waals surface area contributed by atoms with Crippen molar-refractivity contribution in [3.05, 3.63) is 0 Å². The molecule has 0 amide bonds. The van der Waals surface area contributed by atoms with E-state index in [0.717, 1.165) is 6.54 Å². The van der Waals surface area contributed by atoms with E-state index in [1.165, 1.54) is 0 Å². The van der Waals surface area contributed by atoms with E-state index in [4.69, 9.17) is 0 Å². The lowest BCUT2D eigenvalue weighted by atomic mass is 9.97. The Morgan fingerprint density at radius 1 is 1.45 bits per heavy atom. The summed E-state index contributed by atoms with van der Waals surface area (Å²) >= 11 is 0. The first-order valence-corrected chi connectivity index (χ1v) is 3.91. The van der Waals surface area contributed by atoms with Crippen LogP contribution in [0.1, 0.15) is 27.7 Å². The lowest BCUT2D eigenvalue weighted by Gasteiger charge is -2.26. The van der Waals surface area contributed by atoms with Crippen LogP contribution >= 0.6 is 0 Å². The van der Waals surface area contributed by atoms with Crippen LogP contribution in [0, 0.1) is 5.41 Å². The standard InChI is InChI=1S/C7H16N4/c1-6-8-9-10-11(6)5-7(2,3)4/h6H,5H2,1-4H3,(H,8,10). The fourth-order valence-electron chi connectivity index (χ4n) is 0.991. The summed E-state index contributed by atoms with van der Waals surface area (Å²) < 4.78 is 0. The third-order valence-electron chi connectivity index (χ3n) is 1.49. The Morgan fingerprint density at radius 3 is 2.45 bits per heavy atom. The average Bonchev–Trinajstić information content (AvgIpc) is 2.12. The molecular weight excluding hydrogens is 140 g/mol. The zero-order chi connectivity index (χ0) is 8.48. The van der Waals surface area contributed by atoms with E-state index in [0.29, 0.717) is 0 Å². The highest BCUT2D eigenvalue weighted by molar-refractivity contribution is 4.70. The maximum absolute atomic E-state index is 3.94. The van der Waals surface area contributed by atoms with Crippen molar-refractivity contribution in [2.75, 3.05) is 6.54 Å². The third-order valence-corrected chi connectivity index (χ3v) is 1.49. The summed E-state index contributed by atoms with van der Waals surface area (Å²) in [6.45, 7) is 9.57. The van der Waals surface area contributed by atoms with E-state index in [-0.39, 0.29) is 11.6 Å². The molecule has 64 valence electrons. The van der Waals surface area contributed by atoms with Crippen LogP contribution in [0.25, 0.3) is 0 Å². The maximum atomic E-state index is 3.94. The van der Waals surface area contributed by atoms with Gasteiger partial charge in [0.1, 0.15) is 6.17 Å². The van der Waals surface area contributed by atoms with Gasteiger partial charge in [-0.15, -0.1) is 5.11 Å². The van der Waals surface area contributed by atoms with Crippen molar-refractivity contribution in [1.29, 1.82) is 0 Å². The van der Waals surface area contributed by atoms with E-state index in [1.54, 1.807) is 0 Å². The molecule has 0 aromatic heterocycles. The molecule has 0 aromatic carbocycles. The Hall–Kier alpha value is -0.640. The van der Waals surface area contributed by atoms with Crippen molar-refractivity contribution in [2.45, 2.75) is 33.9 Å². The molecule has 0 bridgehead atoms.